The van der Waals surface area contributed by atoms with Crippen molar-refractivity contribution in [3.8, 4) is 0 Å². The van der Waals surface area contributed by atoms with Crippen LogP contribution >= 0.6 is 11.6 Å². The second kappa shape index (κ2) is 3.53. The molecule has 0 atom stereocenters. The van der Waals surface area contributed by atoms with Gasteiger partial charge in [0, 0.05) is 15.9 Å². The number of nitrogens with two attached hydrogens (primary N) is 1. The molecular formula is C10H7ClN2O3. The van der Waals surface area contributed by atoms with Gasteiger partial charge in [-0.1, -0.05) is 11.6 Å². The number of nitrogen functional groups attached to an aromatic ring is 1. The topological polar surface area (TPSA) is 96.2 Å². The number of anilines is 1. The molecule has 0 bridgehead atoms. The molecule has 0 aliphatic heterocycles. The van der Waals surface area contributed by atoms with Gasteiger partial charge < -0.3 is 15.8 Å². The predicted octanol–water partition coefficient (Wildman–Crippen LogP) is 1.46. The van der Waals surface area contributed by atoms with Gasteiger partial charge in [-0.3, -0.25) is 4.79 Å². The maximum atomic E-state index is 11.4. The minimum Gasteiger partial charge on any atom is -0.478 e. The highest BCUT2D eigenvalue weighted by Crippen LogP contribution is 2.23. The summed E-state index contributed by atoms with van der Waals surface area (Å²) in [7, 11) is 0. The molecule has 5 nitrogen and oxygen atoms in total. The molecule has 2 rings (SSSR count). The highest BCUT2D eigenvalue weighted by molar-refractivity contribution is 6.31. The van der Waals surface area contributed by atoms with Crippen LogP contribution in [-0.4, -0.2) is 16.1 Å². The molecule has 0 radical (unpaired) electrons. The van der Waals surface area contributed by atoms with Crippen molar-refractivity contribution >= 4 is 34.2 Å². The Morgan fingerprint density at radius 1 is 1.44 bits per heavy atom. The van der Waals surface area contributed by atoms with E-state index in [-0.39, 0.29) is 11.3 Å². The SMILES string of the molecule is Nc1c(C(=O)O)c2cc(Cl)ccc2[nH]c1=O. The van der Waals surface area contributed by atoms with Crippen molar-refractivity contribution < 1.29 is 9.90 Å². The van der Waals surface area contributed by atoms with Crippen LogP contribution in [0.2, 0.25) is 5.02 Å². The molecule has 0 amide bonds. The van der Waals surface area contributed by atoms with E-state index in [1.165, 1.54) is 12.1 Å². The van der Waals surface area contributed by atoms with Crippen molar-refractivity contribution in [2.45, 2.75) is 0 Å². The molecule has 0 aliphatic carbocycles. The fraction of sp³-hybridized carbons (Fsp3) is 0. The van der Waals surface area contributed by atoms with Gasteiger partial charge in [-0.2, -0.15) is 0 Å². The van der Waals surface area contributed by atoms with E-state index in [0.29, 0.717) is 15.9 Å². The van der Waals surface area contributed by atoms with E-state index in [2.05, 4.69) is 4.98 Å². The maximum absolute atomic E-state index is 11.4. The molecular weight excluding hydrogens is 232 g/mol. The summed E-state index contributed by atoms with van der Waals surface area (Å²) in [5.74, 6) is -1.25. The van der Waals surface area contributed by atoms with Crippen LogP contribution in [0, 0.1) is 0 Å². The smallest absolute Gasteiger partial charge is 0.338 e. The summed E-state index contributed by atoms with van der Waals surface area (Å²) in [4.78, 5) is 24.9. The summed E-state index contributed by atoms with van der Waals surface area (Å²) in [6.45, 7) is 0. The van der Waals surface area contributed by atoms with Crippen molar-refractivity contribution in [1.82, 2.24) is 4.98 Å². The van der Waals surface area contributed by atoms with E-state index in [1.807, 2.05) is 0 Å². The lowest BCUT2D eigenvalue weighted by Crippen LogP contribution is -2.17. The quantitative estimate of drug-likeness (QED) is 0.701. The second-order valence-electron chi connectivity index (χ2n) is 3.24. The summed E-state index contributed by atoms with van der Waals surface area (Å²) in [6, 6.07) is 4.54. The van der Waals surface area contributed by atoms with Gasteiger partial charge in [0.1, 0.15) is 5.69 Å². The van der Waals surface area contributed by atoms with Gasteiger partial charge in [-0.05, 0) is 18.2 Å². The number of carboxylic acid groups (broad SMARTS) is 1. The summed E-state index contributed by atoms with van der Waals surface area (Å²) >= 11 is 5.76. The molecule has 1 heterocycles. The summed E-state index contributed by atoms with van der Waals surface area (Å²) in [5, 5.41) is 9.70. The monoisotopic (exact) mass is 238 g/mol. The molecule has 6 heteroatoms. The molecule has 0 saturated heterocycles. The van der Waals surface area contributed by atoms with E-state index in [9.17, 15) is 9.59 Å². The highest BCUT2D eigenvalue weighted by Gasteiger charge is 2.16. The lowest BCUT2D eigenvalue weighted by molar-refractivity contribution is 0.0700. The van der Waals surface area contributed by atoms with Gasteiger partial charge in [0.25, 0.3) is 5.56 Å². The maximum Gasteiger partial charge on any atom is 0.338 e. The van der Waals surface area contributed by atoms with Crippen LogP contribution in [0.3, 0.4) is 0 Å². The molecule has 0 spiro atoms. The molecule has 0 unspecified atom stereocenters. The fourth-order valence-electron chi connectivity index (χ4n) is 1.51. The number of aromatic carboxylic acids is 1. The number of carboxylic acids is 1. The number of nitrogens with one attached hydrogen (secondary N) is 1. The number of pyridine rings is 1. The van der Waals surface area contributed by atoms with Gasteiger partial charge in [-0.15, -0.1) is 0 Å². The van der Waals surface area contributed by atoms with Gasteiger partial charge in [0.2, 0.25) is 0 Å². The second-order valence-corrected chi connectivity index (χ2v) is 3.67. The first-order valence-corrected chi connectivity index (χ1v) is 4.73. The molecule has 1 aromatic heterocycles. The lowest BCUT2D eigenvalue weighted by Gasteiger charge is -2.05. The van der Waals surface area contributed by atoms with Crippen LogP contribution in [0.5, 0.6) is 0 Å². The number of H-pyrrole nitrogens is 1. The highest BCUT2D eigenvalue weighted by atomic mass is 35.5. The number of halogens is 1. The Labute approximate surface area is 94.5 Å². The zero-order chi connectivity index (χ0) is 11.9. The first-order valence-electron chi connectivity index (χ1n) is 4.35. The summed E-state index contributed by atoms with van der Waals surface area (Å²) in [6.07, 6.45) is 0. The Kier molecular flexibility index (Phi) is 2.32. The van der Waals surface area contributed by atoms with Crippen molar-refractivity contribution in [2.75, 3.05) is 5.73 Å². The van der Waals surface area contributed by atoms with Crippen LogP contribution in [0.15, 0.2) is 23.0 Å². The Bertz CT molecular complexity index is 648. The molecule has 2 aromatic rings. The molecule has 16 heavy (non-hydrogen) atoms. The van der Waals surface area contributed by atoms with Crippen LogP contribution in [0.4, 0.5) is 5.69 Å². The number of hydrogen-bond acceptors (Lipinski definition) is 3. The lowest BCUT2D eigenvalue weighted by atomic mass is 10.1. The summed E-state index contributed by atoms with van der Waals surface area (Å²) in [5.41, 5.74) is 4.67. The molecule has 0 saturated carbocycles. The third kappa shape index (κ3) is 1.51. The molecule has 4 N–H and O–H groups in total. The molecule has 0 aliphatic rings. The van der Waals surface area contributed by atoms with E-state index in [1.54, 1.807) is 6.07 Å². The van der Waals surface area contributed by atoms with Crippen LogP contribution in [-0.2, 0) is 0 Å². The van der Waals surface area contributed by atoms with E-state index < -0.39 is 11.5 Å². The van der Waals surface area contributed by atoms with Crippen molar-refractivity contribution in [3.63, 3.8) is 0 Å². The number of hydrogen-bond donors (Lipinski definition) is 3. The first kappa shape index (κ1) is 10.5. The number of carbonyl (C=O) groups is 1. The molecule has 82 valence electrons. The number of aromatic nitrogens is 1. The van der Waals surface area contributed by atoms with Gasteiger partial charge >= 0.3 is 5.97 Å². The Hall–Kier alpha value is -2.01. The third-order valence-corrected chi connectivity index (χ3v) is 2.46. The zero-order valence-electron chi connectivity index (χ0n) is 7.95. The Morgan fingerprint density at radius 2 is 2.12 bits per heavy atom. The number of rotatable bonds is 1. The third-order valence-electron chi connectivity index (χ3n) is 2.23. The standard InChI is InChI=1S/C10H7ClN2O3/c11-4-1-2-6-5(3-4)7(10(15)16)8(12)9(14)13-6/h1-3H,12H2,(H,13,14)(H,15,16). The molecule has 0 fully saturated rings. The number of fused-ring (bicyclic) bond motifs is 1. The minimum atomic E-state index is -1.25. The normalized spacial score (nSPS) is 10.6. The zero-order valence-corrected chi connectivity index (χ0v) is 8.71. The average molecular weight is 239 g/mol. The number of benzene rings is 1. The van der Waals surface area contributed by atoms with E-state index >= 15 is 0 Å². The number of aromatic amines is 1. The first-order chi connectivity index (χ1) is 7.50. The van der Waals surface area contributed by atoms with Crippen molar-refractivity contribution in [1.29, 1.82) is 0 Å². The van der Waals surface area contributed by atoms with Gasteiger partial charge in [-0.25, -0.2) is 4.79 Å². The summed E-state index contributed by atoms with van der Waals surface area (Å²) < 4.78 is 0. The van der Waals surface area contributed by atoms with Crippen LogP contribution in [0.1, 0.15) is 10.4 Å². The fourth-order valence-corrected chi connectivity index (χ4v) is 1.68. The largest absolute Gasteiger partial charge is 0.478 e. The van der Waals surface area contributed by atoms with Crippen molar-refractivity contribution in [2.24, 2.45) is 0 Å². The minimum absolute atomic E-state index is 0.221. The van der Waals surface area contributed by atoms with Crippen molar-refractivity contribution in [3.05, 3.63) is 39.1 Å². The van der Waals surface area contributed by atoms with Crippen LogP contribution in [0.25, 0.3) is 10.9 Å². The average Bonchev–Trinajstić information content (AvgIpc) is 2.20. The van der Waals surface area contributed by atoms with Crippen LogP contribution < -0.4 is 11.3 Å². The molecule has 1 aromatic carbocycles. The Morgan fingerprint density at radius 3 is 2.75 bits per heavy atom. The van der Waals surface area contributed by atoms with E-state index in [0.717, 1.165) is 0 Å². The van der Waals surface area contributed by atoms with Gasteiger partial charge in [0.15, 0.2) is 0 Å². The van der Waals surface area contributed by atoms with Gasteiger partial charge in [0.05, 0.1) is 5.56 Å². The van der Waals surface area contributed by atoms with E-state index in [4.69, 9.17) is 22.4 Å². The Balaban J connectivity index is 3.02. The predicted molar refractivity (Wildman–Crippen MR) is 61.0 cm³/mol.